The van der Waals surface area contributed by atoms with Crippen LogP contribution >= 0.6 is 7.26 Å². The van der Waals surface area contributed by atoms with Crippen molar-refractivity contribution in [2.75, 3.05) is 24.3 Å². The van der Waals surface area contributed by atoms with Gasteiger partial charge in [0.25, 0.3) is 5.91 Å². The fraction of sp³-hybridized carbons (Fsp3) is 0.611. The highest BCUT2D eigenvalue weighted by molar-refractivity contribution is 7.78. The Balaban J connectivity index is 1.84. The summed E-state index contributed by atoms with van der Waals surface area (Å²) in [5.74, 6) is 0.315. The van der Waals surface area contributed by atoms with Gasteiger partial charge in [0.15, 0.2) is 5.16 Å². The van der Waals surface area contributed by atoms with Crippen LogP contribution in [-0.2, 0) is 4.79 Å². The molecule has 1 N–H and O–H groups in total. The molecule has 0 spiro atoms. The summed E-state index contributed by atoms with van der Waals surface area (Å²) in [5.41, 5.74) is 4.68. The molecule has 1 amide bonds. The van der Waals surface area contributed by atoms with Crippen LogP contribution in [0.2, 0.25) is 0 Å². The number of benzene rings is 1. The van der Waals surface area contributed by atoms with Gasteiger partial charge in [-0.3, -0.25) is 4.79 Å². The number of hydrogen-bond donors (Lipinski definition) is 1. The average molecular weight is 304 g/mol. The molecule has 0 atom stereocenters. The number of nitrogens with one attached hydrogen (secondary N) is 1. The lowest BCUT2D eigenvalue weighted by atomic mass is 10.0. The topological polar surface area (TPSA) is 29.1 Å². The molecule has 1 aromatic carbocycles. The molecule has 21 heavy (non-hydrogen) atoms. The standard InChI is InChI=1S/C18H26NOP/c1-13-11-14(2)16(15(3)12-13)19-17(20)18(7-8-18)21(4)9-5-6-10-21/h11-12H,5-10H2,1-4H3/p+1. The minimum absolute atomic E-state index is 0.0211. The van der Waals surface area contributed by atoms with E-state index < -0.39 is 7.26 Å². The molecule has 114 valence electrons. The number of hydrogen-bond acceptors (Lipinski definition) is 1. The number of carbonyl (C=O) groups excluding carboxylic acids is 1. The van der Waals surface area contributed by atoms with E-state index in [0.29, 0.717) is 5.91 Å². The number of aryl methyl sites for hydroxylation is 3. The number of carbonyl (C=O) groups is 1. The van der Waals surface area contributed by atoms with Gasteiger partial charge in [0.05, 0.1) is 12.3 Å². The molecule has 0 radical (unpaired) electrons. The Morgan fingerprint density at radius 2 is 1.62 bits per heavy atom. The second kappa shape index (κ2) is 5.09. The molecular formula is C18H27NOP+. The summed E-state index contributed by atoms with van der Waals surface area (Å²) in [6, 6.07) is 4.32. The van der Waals surface area contributed by atoms with E-state index in [1.807, 2.05) is 0 Å². The summed E-state index contributed by atoms with van der Waals surface area (Å²) in [4.78, 5) is 13.0. The molecule has 1 saturated carbocycles. The fourth-order valence-electron chi connectivity index (χ4n) is 4.20. The molecule has 2 nitrogen and oxygen atoms in total. The molecule has 1 aromatic rings. The van der Waals surface area contributed by atoms with Crippen molar-refractivity contribution in [2.45, 2.75) is 51.6 Å². The van der Waals surface area contributed by atoms with E-state index in [4.69, 9.17) is 0 Å². The fourth-order valence-corrected chi connectivity index (χ4v) is 8.86. The third-order valence-electron chi connectivity index (χ3n) is 5.65. The molecule has 1 saturated heterocycles. The Labute approximate surface area is 129 Å². The van der Waals surface area contributed by atoms with E-state index in [-0.39, 0.29) is 5.16 Å². The zero-order valence-corrected chi connectivity index (χ0v) is 14.6. The van der Waals surface area contributed by atoms with E-state index in [9.17, 15) is 4.79 Å². The third-order valence-corrected chi connectivity index (χ3v) is 11.0. The Kier molecular flexibility index (Phi) is 3.64. The highest BCUT2D eigenvalue weighted by Crippen LogP contribution is 2.78. The van der Waals surface area contributed by atoms with Gasteiger partial charge in [-0.15, -0.1) is 0 Å². The largest absolute Gasteiger partial charge is 0.322 e. The van der Waals surface area contributed by atoms with Crippen LogP contribution in [0.5, 0.6) is 0 Å². The maximum Gasteiger partial charge on any atom is 0.268 e. The normalized spacial score (nSPS) is 22.1. The van der Waals surface area contributed by atoms with Gasteiger partial charge in [0.1, 0.15) is 0 Å². The van der Waals surface area contributed by atoms with Crippen molar-refractivity contribution in [1.29, 1.82) is 0 Å². The lowest BCUT2D eigenvalue weighted by Gasteiger charge is -2.27. The molecule has 1 heterocycles. The van der Waals surface area contributed by atoms with Crippen LogP contribution in [0, 0.1) is 20.8 Å². The quantitative estimate of drug-likeness (QED) is 0.817. The van der Waals surface area contributed by atoms with Crippen LogP contribution < -0.4 is 5.32 Å². The van der Waals surface area contributed by atoms with Crippen molar-refractivity contribution in [3.05, 3.63) is 28.8 Å². The molecule has 3 heteroatoms. The maximum atomic E-state index is 13.0. The van der Waals surface area contributed by atoms with Crippen molar-refractivity contribution < 1.29 is 4.79 Å². The lowest BCUT2D eigenvalue weighted by Crippen LogP contribution is -2.33. The maximum absolute atomic E-state index is 13.0. The van der Waals surface area contributed by atoms with Gasteiger partial charge >= 0.3 is 0 Å². The molecule has 1 aliphatic carbocycles. The van der Waals surface area contributed by atoms with Gasteiger partial charge in [0.2, 0.25) is 0 Å². The van der Waals surface area contributed by atoms with Gasteiger partial charge in [-0.2, -0.15) is 0 Å². The predicted molar refractivity (Wildman–Crippen MR) is 93.1 cm³/mol. The first kappa shape index (κ1) is 15.0. The second-order valence-electron chi connectivity index (χ2n) is 7.31. The van der Waals surface area contributed by atoms with Crippen LogP contribution in [0.3, 0.4) is 0 Å². The Bertz CT molecular complexity index is 560. The predicted octanol–water partition coefficient (Wildman–Crippen LogP) is 4.52. The van der Waals surface area contributed by atoms with E-state index >= 15 is 0 Å². The monoisotopic (exact) mass is 304 g/mol. The highest BCUT2D eigenvalue weighted by atomic mass is 31.2. The molecule has 1 aliphatic heterocycles. The first-order valence-electron chi connectivity index (χ1n) is 8.12. The molecule has 0 aromatic heterocycles. The lowest BCUT2D eigenvalue weighted by molar-refractivity contribution is -0.116. The first-order chi connectivity index (χ1) is 9.88. The zero-order valence-electron chi connectivity index (χ0n) is 13.8. The summed E-state index contributed by atoms with van der Waals surface area (Å²) in [7, 11) is -1.06. The minimum atomic E-state index is -1.06. The highest BCUT2D eigenvalue weighted by Gasteiger charge is 2.68. The summed E-state index contributed by atoms with van der Waals surface area (Å²) in [6.45, 7) is 8.75. The van der Waals surface area contributed by atoms with Crippen LogP contribution in [0.1, 0.15) is 42.4 Å². The molecule has 0 bridgehead atoms. The average Bonchev–Trinajstić information content (AvgIpc) is 3.12. The smallest absolute Gasteiger partial charge is 0.268 e. The summed E-state index contributed by atoms with van der Waals surface area (Å²) in [5, 5.41) is 3.32. The summed E-state index contributed by atoms with van der Waals surface area (Å²) >= 11 is 0. The first-order valence-corrected chi connectivity index (χ1v) is 10.7. The van der Waals surface area contributed by atoms with Crippen LogP contribution in [-0.4, -0.2) is 30.1 Å². The van der Waals surface area contributed by atoms with E-state index in [1.165, 1.54) is 41.9 Å². The number of anilines is 1. The van der Waals surface area contributed by atoms with Crippen molar-refractivity contribution in [3.8, 4) is 0 Å². The number of amides is 1. The van der Waals surface area contributed by atoms with Crippen LogP contribution in [0.25, 0.3) is 0 Å². The van der Waals surface area contributed by atoms with Crippen molar-refractivity contribution >= 4 is 18.9 Å². The van der Waals surface area contributed by atoms with Crippen molar-refractivity contribution in [2.24, 2.45) is 0 Å². The van der Waals surface area contributed by atoms with Gasteiger partial charge in [-0.1, -0.05) is 17.7 Å². The van der Waals surface area contributed by atoms with Gasteiger partial charge < -0.3 is 5.32 Å². The molecule has 0 unspecified atom stereocenters. The molecular weight excluding hydrogens is 277 g/mol. The van der Waals surface area contributed by atoms with Gasteiger partial charge in [-0.05, 0) is 44.7 Å². The van der Waals surface area contributed by atoms with Crippen molar-refractivity contribution in [1.82, 2.24) is 0 Å². The zero-order chi connectivity index (χ0) is 15.3. The molecule has 2 fully saturated rings. The third kappa shape index (κ3) is 2.42. The second-order valence-corrected chi connectivity index (χ2v) is 11.9. The van der Waals surface area contributed by atoms with Crippen LogP contribution in [0.15, 0.2) is 12.1 Å². The minimum Gasteiger partial charge on any atom is -0.322 e. The van der Waals surface area contributed by atoms with E-state index in [1.54, 1.807) is 0 Å². The van der Waals surface area contributed by atoms with Crippen LogP contribution in [0.4, 0.5) is 5.69 Å². The number of rotatable bonds is 3. The summed E-state index contributed by atoms with van der Waals surface area (Å²) < 4.78 is 0. The van der Waals surface area contributed by atoms with E-state index in [0.717, 1.165) is 18.5 Å². The Morgan fingerprint density at radius 1 is 1.10 bits per heavy atom. The Hall–Kier alpha value is -0.880. The summed E-state index contributed by atoms with van der Waals surface area (Å²) in [6.07, 6.45) is 7.56. The molecule has 3 rings (SSSR count). The van der Waals surface area contributed by atoms with E-state index in [2.05, 4.69) is 44.9 Å². The van der Waals surface area contributed by atoms with Crippen molar-refractivity contribution in [3.63, 3.8) is 0 Å². The molecule has 2 aliphatic rings. The Morgan fingerprint density at radius 3 is 2.10 bits per heavy atom. The van der Waals surface area contributed by atoms with Gasteiger partial charge in [0, 0.05) is 32.5 Å². The van der Waals surface area contributed by atoms with Gasteiger partial charge in [-0.25, -0.2) is 0 Å². The SMILES string of the molecule is Cc1cc(C)c(NC(=O)C2([P+]3(C)CCCC3)CC2)c(C)c1.